The van der Waals surface area contributed by atoms with Gasteiger partial charge in [0.05, 0.1) is 4.92 Å². The molecule has 1 aromatic heterocycles. The number of halogens is 1. The maximum absolute atomic E-state index is 12.1. The Bertz CT molecular complexity index is 521. The first kappa shape index (κ1) is 15.1. The van der Waals surface area contributed by atoms with Gasteiger partial charge in [0.15, 0.2) is 0 Å². The van der Waals surface area contributed by atoms with Gasteiger partial charge >= 0.3 is 5.69 Å². The topological polar surface area (TPSA) is 85.1 Å². The molecule has 1 N–H and O–H groups in total. The van der Waals surface area contributed by atoms with Crippen LogP contribution in [0.25, 0.3) is 0 Å². The second-order valence-electron chi connectivity index (χ2n) is 4.52. The molecular weight excluding hydrogens is 302 g/mol. The van der Waals surface area contributed by atoms with Crippen LogP contribution in [0.1, 0.15) is 23.2 Å². The molecule has 6 nitrogen and oxygen atoms in total. The Labute approximate surface area is 125 Å². The summed E-state index contributed by atoms with van der Waals surface area (Å²) >= 11 is 7.59. The molecule has 20 heavy (non-hydrogen) atoms. The number of nitrogens with one attached hydrogen (secondary N) is 1. The van der Waals surface area contributed by atoms with Gasteiger partial charge in [0.25, 0.3) is 5.91 Å². The molecule has 0 bridgehead atoms. The molecule has 2 heterocycles. The number of nitro groups is 1. The van der Waals surface area contributed by atoms with Crippen molar-refractivity contribution < 1.29 is 9.72 Å². The Balaban J connectivity index is 2.05. The Morgan fingerprint density at radius 1 is 1.55 bits per heavy atom. The van der Waals surface area contributed by atoms with E-state index in [2.05, 4.69) is 10.3 Å². The van der Waals surface area contributed by atoms with Crippen LogP contribution in [0.15, 0.2) is 12.3 Å². The van der Waals surface area contributed by atoms with E-state index < -0.39 is 16.5 Å². The van der Waals surface area contributed by atoms with Gasteiger partial charge in [0.1, 0.15) is 5.56 Å². The quantitative estimate of drug-likeness (QED) is 0.524. The summed E-state index contributed by atoms with van der Waals surface area (Å²) in [5.74, 6) is 2.17. The first-order chi connectivity index (χ1) is 9.59. The zero-order chi connectivity index (χ0) is 14.5. The van der Waals surface area contributed by atoms with E-state index in [4.69, 9.17) is 11.6 Å². The SMILES string of the molecule is O=C(NCC1CCSCC1)c1ccnc(Cl)c1[N+](=O)[O-]. The number of carbonyl (C=O) groups is 1. The van der Waals surface area contributed by atoms with Crippen LogP contribution in [0.3, 0.4) is 0 Å². The molecule has 0 radical (unpaired) electrons. The molecule has 0 saturated carbocycles. The van der Waals surface area contributed by atoms with Crippen molar-refractivity contribution >= 4 is 35.0 Å². The van der Waals surface area contributed by atoms with Gasteiger partial charge < -0.3 is 5.32 Å². The highest BCUT2D eigenvalue weighted by Crippen LogP contribution is 2.26. The van der Waals surface area contributed by atoms with E-state index in [1.165, 1.54) is 12.3 Å². The van der Waals surface area contributed by atoms with Crippen LogP contribution < -0.4 is 5.32 Å². The Morgan fingerprint density at radius 3 is 2.90 bits per heavy atom. The van der Waals surface area contributed by atoms with Gasteiger partial charge in [-0.05, 0) is 36.3 Å². The van der Waals surface area contributed by atoms with Crippen molar-refractivity contribution in [1.29, 1.82) is 0 Å². The summed E-state index contributed by atoms with van der Waals surface area (Å²) < 4.78 is 0. The summed E-state index contributed by atoms with van der Waals surface area (Å²) in [4.78, 5) is 26.0. The number of rotatable bonds is 4. The summed E-state index contributed by atoms with van der Waals surface area (Å²) in [7, 11) is 0. The third-order valence-electron chi connectivity index (χ3n) is 3.20. The van der Waals surface area contributed by atoms with Gasteiger partial charge in [-0.15, -0.1) is 0 Å². The van der Waals surface area contributed by atoms with E-state index in [-0.39, 0.29) is 10.7 Å². The van der Waals surface area contributed by atoms with E-state index in [0.29, 0.717) is 12.5 Å². The second-order valence-corrected chi connectivity index (χ2v) is 6.10. The number of aromatic nitrogens is 1. The molecule has 0 aliphatic carbocycles. The maximum Gasteiger partial charge on any atom is 0.319 e. The normalized spacial score (nSPS) is 15.8. The monoisotopic (exact) mass is 315 g/mol. The van der Waals surface area contributed by atoms with Gasteiger partial charge in [-0.3, -0.25) is 14.9 Å². The first-order valence-electron chi connectivity index (χ1n) is 6.24. The van der Waals surface area contributed by atoms with E-state index in [0.717, 1.165) is 24.3 Å². The fourth-order valence-electron chi connectivity index (χ4n) is 2.07. The van der Waals surface area contributed by atoms with Crippen molar-refractivity contribution in [2.24, 2.45) is 5.92 Å². The summed E-state index contributed by atoms with van der Waals surface area (Å²) in [5, 5.41) is 13.4. The van der Waals surface area contributed by atoms with Crippen LogP contribution >= 0.6 is 23.4 Å². The molecule has 1 fully saturated rings. The van der Waals surface area contributed by atoms with Crippen LogP contribution in [-0.4, -0.2) is 33.9 Å². The minimum atomic E-state index is -0.679. The molecule has 0 atom stereocenters. The maximum atomic E-state index is 12.1. The Hall–Kier alpha value is -1.34. The largest absolute Gasteiger partial charge is 0.352 e. The molecule has 0 unspecified atom stereocenters. The lowest BCUT2D eigenvalue weighted by molar-refractivity contribution is -0.385. The molecule has 8 heteroatoms. The van der Waals surface area contributed by atoms with Crippen LogP contribution in [-0.2, 0) is 0 Å². The highest BCUT2D eigenvalue weighted by Gasteiger charge is 2.25. The smallest absolute Gasteiger partial charge is 0.319 e. The number of amides is 1. The molecule has 0 aromatic carbocycles. The lowest BCUT2D eigenvalue weighted by atomic mass is 10.0. The molecule has 1 aliphatic rings. The summed E-state index contributed by atoms with van der Waals surface area (Å²) in [6.07, 6.45) is 3.41. The van der Waals surface area contributed by atoms with Gasteiger partial charge in [0.2, 0.25) is 5.15 Å². The van der Waals surface area contributed by atoms with Crippen molar-refractivity contribution in [2.75, 3.05) is 18.1 Å². The molecule has 108 valence electrons. The van der Waals surface area contributed by atoms with Crippen molar-refractivity contribution in [3.05, 3.63) is 33.1 Å². The number of nitrogens with zero attached hydrogens (tertiary/aromatic N) is 2. The van der Waals surface area contributed by atoms with Crippen LogP contribution in [0.4, 0.5) is 5.69 Å². The number of thioether (sulfide) groups is 1. The lowest BCUT2D eigenvalue weighted by Crippen LogP contribution is -2.31. The van der Waals surface area contributed by atoms with Crippen LogP contribution in [0.2, 0.25) is 5.15 Å². The highest BCUT2D eigenvalue weighted by atomic mass is 35.5. The molecule has 1 saturated heterocycles. The Morgan fingerprint density at radius 2 is 2.25 bits per heavy atom. The predicted molar refractivity (Wildman–Crippen MR) is 78.3 cm³/mol. The average Bonchev–Trinajstić information content (AvgIpc) is 2.45. The van der Waals surface area contributed by atoms with Gasteiger partial charge in [-0.2, -0.15) is 11.8 Å². The molecule has 0 spiro atoms. The minimum absolute atomic E-state index is 0.0415. The third-order valence-corrected chi connectivity index (χ3v) is 4.52. The number of hydrogen-bond donors (Lipinski definition) is 1. The fourth-order valence-corrected chi connectivity index (χ4v) is 3.50. The second kappa shape index (κ2) is 6.90. The highest BCUT2D eigenvalue weighted by molar-refractivity contribution is 7.99. The third kappa shape index (κ3) is 3.61. The van der Waals surface area contributed by atoms with Crippen molar-refractivity contribution in [3.63, 3.8) is 0 Å². The number of hydrogen-bond acceptors (Lipinski definition) is 5. The van der Waals surface area contributed by atoms with Crippen molar-refractivity contribution in [3.8, 4) is 0 Å². The fraction of sp³-hybridized carbons (Fsp3) is 0.500. The Kier molecular flexibility index (Phi) is 5.19. The lowest BCUT2D eigenvalue weighted by Gasteiger charge is -2.21. The van der Waals surface area contributed by atoms with E-state index in [9.17, 15) is 14.9 Å². The predicted octanol–water partition coefficient (Wildman–Crippen LogP) is 2.52. The van der Waals surface area contributed by atoms with E-state index in [1.54, 1.807) is 0 Å². The molecule has 1 aromatic rings. The molecule has 2 rings (SSSR count). The number of pyridine rings is 1. The van der Waals surface area contributed by atoms with Crippen molar-refractivity contribution in [1.82, 2.24) is 10.3 Å². The standard InChI is InChI=1S/C12H14ClN3O3S/c13-11-10(16(18)19)9(1-4-14-11)12(17)15-7-8-2-5-20-6-3-8/h1,4,8H,2-3,5-7H2,(H,15,17). The molecule has 1 aliphatic heterocycles. The average molecular weight is 316 g/mol. The zero-order valence-corrected chi connectivity index (χ0v) is 12.2. The minimum Gasteiger partial charge on any atom is -0.352 e. The van der Waals surface area contributed by atoms with Gasteiger partial charge in [-0.25, -0.2) is 4.98 Å². The van der Waals surface area contributed by atoms with Crippen LogP contribution in [0, 0.1) is 16.0 Å². The van der Waals surface area contributed by atoms with Gasteiger partial charge in [-0.1, -0.05) is 11.6 Å². The molecular formula is C12H14ClN3O3S. The summed E-state index contributed by atoms with van der Waals surface area (Å²) in [5.41, 5.74) is -0.481. The van der Waals surface area contributed by atoms with E-state index in [1.807, 2.05) is 11.8 Å². The first-order valence-corrected chi connectivity index (χ1v) is 7.77. The molecule has 1 amide bonds. The van der Waals surface area contributed by atoms with Gasteiger partial charge in [0, 0.05) is 12.7 Å². The van der Waals surface area contributed by atoms with E-state index >= 15 is 0 Å². The van der Waals surface area contributed by atoms with Crippen LogP contribution in [0.5, 0.6) is 0 Å². The van der Waals surface area contributed by atoms with Crippen molar-refractivity contribution in [2.45, 2.75) is 12.8 Å². The summed E-state index contributed by atoms with van der Waals surface area (Å²) in [6.45, 7) is 0.538. The number of carbonyl (C=O) groups excluding carboxylic acids is 1. The zero-order valence-electron chi connectivity index (χ0n) is 10.7. The summed E-state index contributed by atoms with van der Waals surface area (Å²) in [6, 6.07) is 1.32.